The van der Waals surface area contributed by atoms with Crippen LogP contribution < -0.4 is 10.1 Å². The van der Waals surface area contributed by atoms with Gasteiger partial charge in [0.05, 0.1) is 18.1 Å². The molecule has 2 atom stereocenters. The molecule has 0 fully saturated rings. The van der Waals surface area contributed by atoms with E-state index in [2.05, 4.69) is 14.1 Å². The minimum absolute atomic E-state index is 0.0226. The normalized spacial score (nSPS) is 15.4. The molecule has 0 aliphatic rings. The second-order valence-corrected chi connectivity index (χ2v) is 4.40. The molecule has 1 aromatic rings. The summed E-state index contributed by atoms with van der Waals surface area (Å²) in [7, 11) is 0. The van der Waals surface area contributed by atoms with Crippen LogP contribution in [0.5, 0.6) is 5.88 Å². The van der Waals surface area contributed by atoms with Crippen molar-refractivity contribution < 1.29 is 23.0 Å². The predicted molar refractivity (Wildman–Crippen MR) is 59.5 cm³/mol. The zero-order chi connectivity index (χ0) is 13.6. The summed E-state index contributed by atoms with van der Waals surface area (Å²) in [4.78, 5) is 0. The standard InChI is InChI=1S/C9H14F3N3O2S/c1-6(2-9(10,11)12)13-3-7(16)5-17-8-4-14-18-15-8/h4,6-7,13,16H,2-3,5H2,1H3. The first-order valence-electron chi connectivity index (χ1n) is 5.25. The van der Waals surface area contributed by atoms with Gasteiger partial charge in [-0.3, -0.25) is 0 Å². The van der Waals surface area contributed by atoms with Crippen molar-refractivity contribution in [2.24, 2.45) is 0 Å². The fourth-order valence-corrected chi connectivity index (χ4v) is 1.58. The summed E-state index contributed by atoms with van der Waals surface area (Å²) >= 11 is 0.969. The molecule has 2 N–H and O–H groups in total. The number of nitrogens with zero attached hydrogens (tertiary/aromatic N) is 2. The summed E-state index contributed by atoms with van der Waals surface area (Å²) in [5.41, 5.74) is 0. The van der Waals surface area contributed by atoms with Crippen LogP contribution in [0.2, 0.25) is 0 Å². The van der Waals surface area contributed by atoms with Gasteiger partial charge in [0.2, 0.25) is 5.88 Å². The van der Waals surface area contributed by atoms with Crippen molar-refractivity contribution in [3.63, 3.8) is 0 Å². The first kappa shape index (κ1) is 15.1. The third-order valence-corrected chi connectivity index (χ3v) is 2.47. The summed E-state index contributed by atoms with van der Waals surface area (Å²) in [6, 6.07) is -0.749. The number of aromatic nitrogens is 2. The number of hydrogen-bond donors (Lipinski definition) is 2. The summed E-state index contributed by atoms with van der Waals surface area (Å²) in [5, 5.41) is 12.1. The van der Waals surface area contributed by atoms with Gasteiger partial charge >= 0.3 is 6.18 Å². The number of ether oxygens (including phenoxy) is 1. The van der Waals surface area contributed by atoms with E-state index in [-0.39, 0.29) is 13.2 Å². The van der Waals surface area contributed by atoms with E-state index in [1.165, 1.54) is 13.1 Å². The maximum atomic E-state index is 12.0. The van der Waals surface area contributed by atoms with E-state index in [1.807, 2.05) is 0 Å². The predicted octanol–water partition coefficient (Wildman–Crippen LogP) is 1.21. The molecule has 0 spiro atoms. The molecule has 9 heteroatoms. The Hall–Kier alpha value is -0.930. The topological polar surface area (TPSA) is 67.3 Å². The maximum Gasteiger partial charge on any atom is 0.390 e. The van der Waals surface area contributed by atoms with Crippen molar-refractivity contribution >= 4 is 11.7 Å². The first-order chi connectivity index (χ1) is 8.37. The minimum Gasteiger partial charge on any atom is -0.473 e. The van der Waals surface area contributed by atoms with E-state index in [4.69, 9.17) is 4.74 Å². The molecular weight excluding hydrogens is 271 g/mol. The lowest BCUT2D eigenvalue weighted by Gasteiger charge is -2.18. The van der Waals surface area contributed by atoms with Crippen molar-refractivity contribution in [1.29, 1.82) is 0 Å². The number of hydrogen-bond acceptors (Lipinski definition) is 6. The smallest absolute Gasteiger partial charge is 0.390 e. The molecule has 1 heterocycles. The third-order valence-electron chi connectivity index (χ3n) is 2.00. The van der Waals surface area contributed by atoms with Gasteiger partial charge in [-0.1, -0.05) is 0 Å². The average molecular weight is 285 g/mol. The van der Waals surface area contributed by atoms with Crippen LogP contribution in [0.1, 0.15) is 13.3 Å². The summed E-state index contributed by atoms with van der Waals surface area (Å²) in [5.74, 6) is 0.294. The SMILES string of the molecule is CC(CC(F)(F)F)NCC(O)COc1cnsn1. The number of nitrogens with one attached hydrogen (secondary N) is 1. The highest BCUT2D eigenvalue weighted by atomic mass is 32.1. The van der Waals surface area contributed by atoms with Gasteiger partial charge in [0.25, 0.3) is 0 Å². The van der Waals surface area contributed by atoms with Gasteiger partial charge in [-0.15, -0.1) is 4.37 Å². The zero-order valence-electron chi connectivity index (χ0n) is 9.65. The molecule has 0 radical (unpaired) electrons. The highest BCUT2D eigenvalue weighted by Gasteiger charge is 2.29. The van der Waals surface area contributed by atoms with E-state index in [0.717, 1.165) is 11.7 Å². The van der Waals surface area contributed by atoms with E-state index >= 15 is 0 Å². The largest absolute Gasteiger partial charge is 0.473 e. The molecule has 0 bridgehead atoms. The molecule has 0 aromatic carbocycles. The molecule has 0 aliphatic heterocycles. The van der Waals surface area contributed by atoms with Crippen molar-refractivity contribution in [2.75, 3.05) is 13.2 Å². The molecule has 2 unspecified atom stereocenters. The van der Waals surface area contributed by atoms with E-state index in [1.54, 1.807) is 0 Å². The van der Waals surface area contributed by atoms with E-state index in [0.29, 0.717) is 5.88 Å². The van der Waals surface area contributed by atoms with Gasteiger partial charge in [0.1, 0.15) is 18.9 Å². The summed E-state index contributed by atoms with van der Waals surface area (Å²) < 4.78 is 48.6. The van der Waals surface area contributed by atoms with Gasteiger partial charge in [0, 0.05) is 12.6 Å². The lowest BCUT2D eigenvalue weighted by molar-refractivity contribution is -0.139. The van der Waals surface area contributed by atoms with Gasteiger partial charge in [-0.2, -0.15) is 17.5 Å². The van der Waals surface area contributed by atoms with Crippen LogP contribution in [0.15, 0.2) is 6.20 Å². The second kappa shape index (κ2) is 6.86. The fourth-order valence-electron chi connectivity index (χ4n) is 1.22. The Labute approximate surface area is 106 Å². The molecule has 1 aromatic heterocycles. The molecule has 1 rings (SSSR count). The first-order valence-corrected chi connectivity index (χ1v) is 5.98. The Kier molecular flexibility index (Phi) is 5.76. The van der Waals surface area contributed by atoms with E-state index in [9.17, 15) is 18.3 Å². The van der Waals surface area contributed by atoms with Crippen molar-refractivity contribution in [2.45, 2.75) is 31.7 Å². The molecule has 0 saturated heterocycles. The average Bonchev–Trinajstić information content (AvgIpc) is 2.74. The minimum atomic E-state index is -4.21. The van der Waals surface area contributed by atoms with Crippen LogP contribution in [0.25, 0.3) is 0 Å². The molecular formula is C9H14F3N3O2S. The molecule has 5 nitrogen and oxygen atoms in total. The Bertz CT molecular complexity index is 334. The number of rotatable bonds is 7. The number of alkyl halides is 3. The van der Waals surface area contributed by atoms with Crippen LogP contribution in [0.3, 0.4) is 0 Å². The lowest BCUT2D eigenvalue weighted by atomic mass is 10.2. The number of aliphatic hydroxyl groups excluding tert-OH is 1. The quantitative estimate of drug-likeness (QED) is 0.788. The summed E-state index contributed by atoms with van der Waals surface area (Å²) in [6.45, 7) is 1.39. The summed E-state index contributed by atoms with van der Waals surface area (Å²) in [6.07, 6.45) is -4.64. The van der Waals surface area contributed by atoms with Gasteiger partial charge in [-0.05, 0) is 6.92 Å². The van der Waals surface area contributed by atoms with Crippen LogP contribution in [-0.4, -0.2) is 45.3 Å². The van der Waals surface area contributed by atoms with Crippen molar-refractivity contribution in [1.82, 2.24) is 14.1 Å². The van der Waals surface area contributed by atoms with Crippen LogP contribution in [0, 0.1) is 0 Å². The van der Waals surface area contributed by atoms with Gasteiger partial charge in [-0.25, -0.2) is 0 Å². The Balaban J connectivity index is 2.14. The molecule has 0 aliphatic carbocycles. The zero-order valence-corrected chi connectivity index (χ0v) is 10.5. The lowest BCUT2D eigenvalue weighted by Crippen LogP contribution is -2.38. The third kappa shape index (κ3) is 6.72. The highest BCUT2D eigenvalue weighted by Crippen LogP contribution is 2.21. The highest BCUT2D eigenvalue weighted by molar-refractivity contribution is 6.99. The van der Waals surface area contributed by atoms with Crippen LogP contribution in [0.4, 0.5) is 13.2 Å². The monoisotopic (exact) mass is 285 g/mol. The van der Waals surface area contributed by atoms with E-state index < -0.39 is 24.7 Å². The van der Waals surface area contributed by atoms with Crippen LogP contribution in [-0.2, 0) is 0 Å². The molecule has 0 saturated carbocycles. The number of halogens is 3. The van der Waals surface area contributed by atoms with Gasteiger partial charge < -0.3 is 15.2 Å². The van der Waals surface area contributed by atoms with Gasteiger partial charge in [0.15, 0.2) is 0 Å². The fraction of sp³-hybridized carbons (Fsp3) is 0.778. The Morgan fingerprint density at radius 3 is 2.83 bits per heavy atom. The molecule has 18 heavy (non-hydrogen) atoms. The number of aliphatic hydroxyl groups is 1. The Morgan fingerprint density at radius 2 is 2.28 bits per heavy atom. The van der Waals surface area contributed by atoms with Crippen molar-refractivity contribution in [3.8, 4) is 5.88 Å². The second-order valence-electron chi connectivity index (χ2n) is 3.84. The Morgan fingerprint density at radius 1 is 1.56 bits per heavy atom. The maximum absolute atomic E-state index is 12.0. The molecule has 104 valence electrons. The molecule has 0 amide bonds. The van der Waals surface area contributed by atoms with Crippen LogP contribution >= 0.6 is 11.7 Å². The van der Waals surface area contributed by atoms with Crippen molar-refractivity contribution in [3.05, 3.63) is 6.20 Å².